The van der Waals surface area contributed by atoms with E-state index in [1.54, 1.807) is 0 Å². The summed E-state index contributed by atoms with van der Waals surface area (Å²) in [5.74, 6) is 0.0629. The van der Waals surface area contributed by atoms with Crippen LogP contribution >= 0.6 is 15.9 Å². The second-order valence-corrected chi connectivity index (χ2v) is 8.72. The molecule has 0 aliphatic carbocycles. The summed E-state index contributed by atoms with van der Waals surface area (Å²) >= 11 is 3.44. The fourth-order valence-corrected chi connectivity index (χ4v) is 4.09. The largest absolute Gasteiger partial charge is 0.348 e. The van der Waals surface area contributed by atoms with Gasteiger partial charge in [0, 0.05) is 17.1 Å². The maximum atomic E-state index is 12.7. The molecular weight excluding hydrogens is 414 g/mol. The van der Waals surface area contributed by atoms with Gasteiger partial charge in [0.1, 0.15) is 0 Å². The lowest BCUT2D eigenvalue weighted by atomic mass is 10.0. The highest BCUT2D eigenvalue weighted by Crippen LogP contribution is 2.20. The highest BCUT2D eigenvalue weighted by atomic mass is 79.9. The SMILES string of the molecule is CN1CCC(N(C)CC(NC(=O)Cc2ccc(Br)cc2)c2ccccc2)CC1. The standard InChI is InChI=1S/C23H30BrN3O/c1-26-14-12-21(13-15-26)27(2)17-22(19-6-4-3-5-7-19)25-23(28)16-18-8-10-20(24)11-9-18/h3-11,21-22H,12-17H2,1-2H3,(H,25,28). The molecule has 0 radical (unpaired) electrons. The van der Waals surface area contributed by atoms with Crippen molar-refractivity contribution < 1.29 is 4.79 Å². The summed E-state index contributed by atoms with van der Waals surface area (Å²) in [5, 5.41) is 3.27. The fourth-order valence-electron chi connectivity index (χ4n) is 3.83. The Morgan fingerprint density at radius 2 is 1.79 bits per heavy atom. The molecule has 1 heterocycles. The van der Waals surface area contributed by atoms with E-state index in [0.717, 1.165) is 35.2 Å². The molecule has 0 aromatic heterocycles. The molecule has 4 nitrogen and oxygen atoms in total. The second-order valence-electron chi connectivity index (χ2n) is 7.81. The van der Waals surface area contributed by atoms with Crippen LogP contribution in [-0.2, 0) is 11.2 Å². The summed E-state index contributed by atoms with van der Waals surface area (Å²) in [6.07, 6.45) is 2.76. The number of rotatable bonds is 7. The van der Waals surface area contributed by atoms with E-state index in [-0.39, 0.29) is 11.9 Å². The number of carbonyl (C=O) groups excluding carboxylic acids is 1. The summed E-state index contributed by atoms with van der Waals surface area (Å²) in [7, 11) is 4.37. The summed E-state index contributed by atoms with van der Waals surface area (Å²) in [6.45, 7) is 3.10. The molecule has 28 heavy (non-hydrogen) atoms. The van der Waals surface area contributed by atoms with E-state index in [1.807, 2.05) is 42.5 Å². The zero-order valence-corrected chi connectivity index (χ0v) is 18.4. The molecule has 1 aliphatic heterocycles. The predicted molar refractivity (Wildman–Crippen MR) is 118 cm³/mol. The van der Waals surface area contributed by atoms with E-state index in [9.17, 15) is 4.79 Å². The molecule has 1 fully saturated rings. The maximum Gasteiger partial charge on any atom is 0.224 e. The number of nitrogens with zero attached hydrogens (tertiary/aromatic N) is 2. The number of amides is 1. The van der Waals surface area contributed by atoms with Gasteiger partial charge in [-0.1, -0.05) is 58.4 Å². The van der Waals surface area contributed by atoms with Crippen LogP contribution in [0.15, 0.2) is 59.1 Å². The number of likely N-dealkylation sites (N-methyl/N-ethyl adjacent to an activating group) is 1. The molecule has 5 heteroatoms. The first-order chi connectivity index (χ1) is 13.5. The number of benzene rings is 2. The number of halogens is 1. The molecule has 1 unspecified atom stereocenters. The van der Waals surface area contributed by atoms with Gasteiger partial charge in [0.15, 0.2) is 0 Å². The van der Waals surface area contributed by atoms with E-state index in [0.29, 0.717) is 12.5 Å². The minimum atomic E-state index is -0.00574. The van der Waals surface area contributed by atoms with E-state index >= 15 is 0 Å². The maximum absolute atomic E-state index is 12.7. The van der Waals surface area contributed by atoms with Gasteiger partial charge < -0.3 is 15.1 Å². The highest BCUT2D eigenvalue weighted by Gasteiger charge is 2.24. The van der Waals surface area contributed by atoms with Gasteiger partial charge in [-0.25, -0.2) is 0 Å². The zero-order chi connectivity index (χ0) is 19.9. The van der Waals surface area contributed by atoms with E-state index in [2.05, 4.69) is 57.3 Å². The van der Waals surface area contributed by atoms with Crippen molar-refractivity contribution in [3.05, 3.63) is 70.2 Å². The van der Waals surface area contributed by atoms with Gasteiger partial charge in [-0.05, 0) is 63.3 Å². The third-order valence-corrected chi connectivity index (χ3v) is 6.13. The van der Waals surface area contributed by atoms with Crippen molar-refractivity contribution in [1.29, 1.82) is 0 Å². The third-order valence-electron chi connectivity index (χ3n) is 5.60. The summed E-state index contributed by atoms with van der Waals surface area (Å²) in [4.78, 5) is 17.5. The van der Waals surface area contributed by atoms with Crippen LogP contribution < -0.4 is 5.32 Å². The molecule has 3 rings (SSSR count). The Labute approximate surface area is 177 Å². The van der Waals surface area contributed by atoms with Crippen molar-refractivity contribution in [3.63, 3.8) is 0 Å². The summed E-state index contributed by atoms with van der Waals surface area (Å²) < 4.78 is 1.03. The smallest absolute Gasteiger partial charge is 0.224 e. The van der Waals surface area contributed by atoms with E-state index in [4.69, 9.17) is 0 Å². The molecule has 1 atom stereocenters. The van der Waals surface area contributed by atoms with Crippen molar-refractivity contribution in [3.8, 4) is 0 Å². The van der Waals surface area contributed by atoms with Gasteiger partial charge in [-0.3, -0.25) is 4.79 Å². The van der Waals surface area contributed by atoms with Crippen LogP contribution in [0.3, 0.4) is 0 Å². The van der Waals surface area contributed by atoms with Crippen LogP contribution in [0.4, 0.5) is 0 Å². The molecule has 1 amide bonds. The topological polar surface area (TPSA) is 35.6 Å². The van der Waals surface area contributed by atoms with Crippen LogP contribution in [-0.4, -0.2) is 55.5 Å². The molecular formula is C23H30BrN3O. The monoisotopic (exact) mass is 443 g/mol. The molecule has 1 aliphatic rings. The van der Waals surface area contributed by atoms with Crippen molar-refractivity contribution in [2.45, 2.75) is 31.3 Å². The predicted octanol–water partition coefficient (Wildman–Crippen LogP) is 3.88. The minimum Gasteiger partial charge on any atom is -0.348 e. The number of piperidine rings is 1. The van der Waals surface area contributed by atoms with Crippen LogP contribution in [0.5, 0.6) is 0 Å². The summed E-state index contributed by atoms with van der Waals surface area (Å²) in [5.41, 5.74) is 2.18. The van der Waals surface area contributed by atoms with Gasteiger partial charge in [0.25, 0.3) is 0 Å². The number of likely N-dealkylation sites (tertiary alicyclic amines) is 1. The van der Waals surface area contributed by atoms with E-state index < -0.39 is 0 Å². The number of hydrogen-bond acceptors (Lipinski definition) is 3. The lowest BCUT2D eigenvalue weighted by molar-refractivity contribution is -0.121. The molecule has 1 saturated heterocycles. The van der Waals surface area contributed by atoms with Crippen LogP contribution in [0.25, 0.3) is 0 Å². The lowest BCUT2D eigenvalue weighted by Gasteiger charge is -2.37. The average Bonchev–Trinajstić information content (AvgIpc) is 2.70. The molecule has 0 bridgehead atoms. The first-order valence-electron chi connectivity index (χ1n) is 9.99. The number of hydrogen-bond donors (Lipinski definition) is 1. The summed E-state index contributed by atoms with van der Waals surface area (Å²) in [6, 6.07) is 18.8. The average molecular weight is 444 g/mol. The van der Waals surface area contributed by atoms with Gasteiger partial charge >= 0.3 is 0 Å². The van der Waals surface area contributed by atoms with Crippen molar-refractivity contribution >= 4 is 21.8 Å². The quantitative estimate of drug-likeness (QED) is 0.704. The molecule has 0 spiro atoms. The van der Waals surface area contributed by atoms with E-state index in [1.165, 1.54) is 12.8 Å². The van der Waals surface area contributed by atoms with Crippen LogP contribution in [0.2, 0.25) is 0 Å². The first-order valence-corrected chi connectivity index (χ1v) is 10.8. The Bertz CT molecular complexity index is 742. The Morgan fingerprint density at radius 1 is 1.14 bits per heavy atom. The Kier molecular flexibility index (Phi) is 7.65. The molecule has 2 aromatic carbocycles. The second kappa shape index (κ2) is 10.2. The van der Waals surface area contributed by atoms with Crippen molar-refractivity contribution in [2.24, 2.45) is 0 Å². The highest BCUT2D eigenvalue weighted by molar-refractivity contribution is 9.10. The van der Waals surface area contributed by atoms with Crippen molar-refractivity contribution in [2.75, 3.05) is 33.7 Å². The third kappa shape index (κ3) is 6.16. The number of nitrogens with one attached hydrogen (secondary N) is 1. The fraction of sp³-hybridized carbons (Fsp3) is 0.435. The normalized spacial score (nSPS) is 16.9. The van der Waals surface area contributed by atoms with Crippen molar-refractivity contribution in [1.82, 2.24) is 15.1 Å². The van der Waals surface area contributed by atoms with Crippen LogP contribution in [0.1, 0.15) is 30.0 Å². The van der Waals surface area contributed by atoms with Gasteiger partial charge in [0.05, 0.1) is 12.5 Å². The Morgan fingerprint density at radius 3 is 2.43 bits per heavy atom. The molecule has 2 aromatic rings. The Balaban J connectivity index is 1.65. The zero-order valence-electron chi connectivity index (χ0n) is 16.8. The minimum absolute atomic E-state index is 0.00574. The first kappa shape index (κ1) is 21.0. The lowest BCUT2D eigenvalue weighted by Crippen LogP contribution is -2.45. The van der Waals surface area contributed by atoms with Gasteiger partial charge in [-0.2, -0.15) is 0 Å². The molecule has 150 valence electrons. The van der Waals surface area contributed by atoms with Crippen LogP contribution in [0, 0.1) is 0 Å². The van der Waals surface area contributed by atoms with Gasteiger partial charge in [-0.15, -0.1) is 0 Å². The number of carbonyl (C=O) groups is 1. The Hall–Kier alpha value is -1.69. The molecule has 1 N–H and O–H groups in total. The molecule has 0 saturated carbocycles. The van der Waals surface area contributed by atoms with Gasteiger partial charge in [0.2, 0.25) is 5.91 Å².